The molecule has 0 aliphatic carbocycles. The molecule has 0 saturated carbocycles. The molecule has 4 heteroatoms. The maximum atomic E-state index is 5.69. The first kappa shape index (κ1) is 16.2. The lowest BCUT2D eigenvalue weighted by atomic mass is 9.93. The molecule has 1 rings (SSSR count). The highest BCUT2D eigenvalue weighted by atomic mass is 15.3. The summed E-state index contributed by atoms with van der Waals surface area (Å²) in [5.74, 6) is 6.43. The number of aryl methyl sites for hydroxylation is 2. The van der Waals surface area contributed by atoms with Crippen molar-refractivity contribution in [1.29, 1.82) is 0 Å². The third-order valence-corrected chi connectivity index (χ3v) is 4.11. The summed E-state index contributed by atoms with van der Waals surface area (Å²) >= 11 is 0. The Morgan fingerprint density at radius 1 is 1.32 bits per heavy atom. The summed E-state index contributed by atoms with van der Waals surface area (Å²) in [6.07, 6.45) is 5.82. The first-order valence-corrected chi connectivity index (χ1v) is 7.44. The van der Waals surface area contributed by atoms with E-state index in [4.69, 9.17) is 5.84 Å². The molecule has 110 valence electrons. The van der Waals surface area contributed by atoms with Gasteiger partial charge < -0.3 is 0 Å². The first-order valence-electron chi connectivity index (χ1n) is 7.44. The van der Waals surface area contributed by atoms with E-state index in [0.717, 1.165) is 30.9 Å². The van der Waals surface area contributed by atoms with E-state index in [9.17, 15) is 0 Å². The van der Waals surface area contributed by atoms with Gasteiger partial charge in [0.2, 0.25) is 0 Å². The molecule has 4 nitrogen and oxygen atoms in total. The summed E-state index contributed by atoms with van der Waals surface area (Å²) in [4.78, 5) is 0. The monoisotopic (exact) mass is 266 g/mol. The number of aromatic nitrogens is 2. The molecular weight excluding hydrogens is 236 g/mol. The van der Waals surface area contributed by atoms with Crippen LogP contribution in [0.4, 0.5) is 0 Å². The third kappa shape index (κ3) is 4.62. The van der Waals surface area contributed by atoms with Crippen LogP contribution in [0.25, 0.3) is 0 Å². The average Bonchev–Trinajstić information content (AvgIpc) is 2.60. The zero-order chi connectivity index (χ0) is 14.4. The highest BCUT2D eigenvalue weighted by Gasteiger charge is 2.14. The van der Waals surface area contributed by atoms with Crippen molar-refractivity contribution in [2.75, 3.05) is 0 Å². The minimum absolute atomic E-state index is 0.403. The van der Waals surface area contributed by atoms with E-state index in [-0.39, 0.29) is 0 Å². The largest absolute Gasteiger partial charge is 0.272 e. The highest BCUT2D eigenvalue weighted by Crippen LogP contribution is 2.18. The van der Waals surface area contributed by atoms with E-state index in [1.165, 1.54) is 24.1 Å². The molecule has 0 bridgehead atoms. The Morgan fingerprint density at radius 2 is 2.00 bits per heavy atom. The average molecular weight is 266 g/mol. The minimum atomic E-state index is 0.403. The smallest absolute Gasteiger partial charge is 0.0628 e. The van der Waals surface area contributed by atoms with Gasteiger partial charge in [-0.25, -0.2) is 0 Å². The molecule has 0 amide bonds. The van der Waals surface area contributed by atoms with E-state index in [1.807, 2.05) is 11.7 Å². The zero-order valence-electron chi connectivity index (χ0n) is 13.2. The topological polar surface area (TPSA) is 55.9 Å². The summed E-state index contributed by atoms with van der Waals surface area (Å²) in [5.41, 5.74) is 6.78. The van der Waals surface area contributed by atoms with Gasteiger partial charge in [0, 0.05) is 18.8 Å². The van der Waals surface area contributed by atoms with Crippen LogP contribution in [-0.4, -0.2) is 15.8 Å². The maximum absolute atomic E-state index is 5.69. The molecular formula is C15H30N4. The second-order valence-electron chi connectivity index (χ2n) is 5.80. The molecule has 1 aromatic heterocycles. The number of hydrazine groups is 1. The number of hydrogen-bond donors (Lipinski definition) is 2. The molecule has 0 spiro atoms. The molecule has 1 heterocycles. The fourth-order valence-electron chi connectivity index (χ4n) is 2.86. The van der Waals surface area contributed by atoms with Gasteiger partial charge in [-0.2, -0.15) is 5.10 Å². The molecule has 3 N–H and O–H groups in total. The Kier molecular flexibility index (Phi) is 6.52. The zero-order valence-corrected chi connectivity index (χ0v) is 13.2. The van der Waals surface area contributed by atoms with E-state index in [1.54, 1.807) is 0 Å². The number of hydrogen-bond acceptors (Lipinski definition) is 3. The van der Waals surface area contributed by atoms with Gasteiger partial charge in [0.05, 0.1) is 5.69 Å². The van der Waals surface area contributed by atoms with Crippen molar-refractivity contribution < 1.29 is 0 Å². The summed E-state index contributed by atoms with van der Waals surface area (Å²) in [6, 6.07) is 0.403. The van der Waals surface area contributed by atoms with E-state index < -0.39 is 0 Å². The fourth-order valence-corrected chi connectivity index (χ4v) is 2.86. The molecule has 19 heavy (non-hydrogen) atoms. The summed E-state index contributed by atoms with van der Waals surface area (Å²) < 4.78 is 1.97. The van der Waals surface area contributed by atoms with Crippen molar-refractivity contribution in [1.82, 2.24) is 15.2 Å². The molecule has 0 fully saturated rings. The van der Waals surface area contributed by atoms with Crippen LogP contribution in [0.1, 0.15) is 56.5 Å². The maximum Gasteiger partial charge on any atom is 0.0628 e. The van der Waals surface area contributed by atoms with Gasteiger partial charge in [0.1, 0.15) is 0 Å². The molecule has 0 radical (unpaired) electrons. The number of nitrogens with zero attached hydrogens (tertiary/aromatic N) is 2. The van der Waals surface area contributed by atoms with Gasteiger partial charge in [-0.15, -0.1) is 0 Å². The van der Waals surface area contributed by atoms with Crippen LogP contribution < -0.4 is 11.3 Å². The summed E-state index contributed by atoms with van der Waals surface area (Å²) in [6.45, 7) is 8.78. The molecule has 2 unspecified atom stereocenters. The molecule has 2 atom stereocenters. The van der Waals surface area contributed by atoms with Crippen molar-refractivity contribution in [2.24, 2.45) is 18.8 Å². The Morgan fingerprint density at radius 3 is 2.47 bits per heavy atom. The van der Waals surface area contributed by atoms with Gasteiger partial charge in [0.15, 0.2) is 0 Å². The quantitative estimate of drug-likeness (QED) is 0.562. The number of nitrogens with two attached hydrogens (primary N) is 1. The number of rotatable bonds is 8. The first-order chi connectivity index (χ1) is 8.99. The molecule has 0 aromatic carbocycles. The SMILES string of the molecule is CCCC(C)CC(CCc1c(C)nn(C)c1C)NN. The Labute approximate surface area is 117 Å². The predicted octanol–water partition coefficient (Wildman–Crippen LogP) is 2.63. The van der Waals surface area contributed by atoms with Gasteiger partial charge in [0.25, 0.3) is 0 Å². The van der Waals surface area contributed by atoms with Crippen LogP contribution in [0, 0.1) is 19.8 Å². The van der Waals surface area contributed by atoms with Gasteiger partial charge in [-0.05, 0) is 44.6 Å². The Bertz CT molecular complexity index is 384. The van der Waals surface area contributed by atoms with Crippen LogP contribution >= 0.6 is 0 Å². The van der Waals surface area contributed by atoms with Gasteiger partial charge in [-0.1, -0.05) is 26.7 Å². The lowest BCUT2D eigenvalue weighted by Gasteiger charge is -2.20. The fraction of sp³-hybridized carbons (Fsp3) is 0.800. The van der Waals surface area contributed by atoms with Crippen molar-refractivity contribution in [3.63, 3.8) is 0 Å². The Hall–Kier alpha value is -0.870. The molecule has 1 aromatic rings. The van der Waals surface area contributed by atoms with Crippen LogP contribution in [0.3, 0.4) is 0 Å². The van der Waals surface area contributed by atoms with Crippen LogP contribution in [0.5, 0.6) is 0 Å². The lowest BCUT2D eigenvalue weighted by molar-refractivity contribution is 0.371. The second kappa shape index (κ2) is 7.65. The van der Waals surface area contributed by atoms with Gasteiger partial charge in [-0.3, -0.25) is 16.0 Å². The Balaban J connectivity index is 2.53. The van der Waals surface area contributed by atoms with Crippen LogP contribution in [-0.2, 0) is 13.5 Å². The van der Waals surface area contributed by atoms with Crippen LogP contribution in [0.2, 0.25) is 0 Å². The second-order valence-corrected chi connectivity index (χ2v) is 5.80. The molecule has 0 saturated heterocycles. The summed E-state index contributed by atoms with van der Waals surface area (Å²) in [7, 11) is 2.01. The van der Waals surface area contributed by atoms with Gasteiger partial charge >= 0.3 is 0 Å². The molecule has 0 aliphatic heterocycles. The number of nitrogens with one attached hydrogen (secondary N) is 1. The third-order valence-electron chi connectivity index (χ3n) is 4.11. The molecule has 0 aliphatic rings. The van der Waals surface area contributed by atoms with E-state index in [2.05, 4.69) is 38.2 Å². The summed E-state index contributed by atoms with van der Waals surface area (Å²) in [5, 5.41) is 4.47. The lowest BCUT2D eigenvalue weighted by Crippen LogP contribution is -2.36. The van der Waals surface area contributed by atoms with Crippen molar-refractivity contribution in [3.8, 4) is 0 Å². The standard InChI is InChI=1S/C15H30N4/c1-6-7-11(2)10-14(17-16)8-9-15-12(3)18-19(5)13(15)4/h11,14,17H,6-10,16H2,1-5H3. The van der Waals surface area contributed by atoms with E-state index in [0.29, 0.717) is 6.04 Å². The highest BCUT2D eigenvalue weighted by molar-refractivity contribution is 5.24. The minimum Gasteiger partial charge on any atom is -0.272 e. The van der Waals surface area contributed by atoms with Crippen molar-refractivity contribution in [2.45, 2.75) is 65.8 Å². The van der Waals surface area contributed by atoms with Crippen molar-refractivity contribution in [3.05, 3.63) is 17.0 Å². The van der Waals surface area contributed by atoms with E-state index >= 15 is 0 Å². The predicted molar refractivity (Wildman–Crippen MR) is 80.8 cm³/mol. The normalized spacial score (nSPS) is 14.6. The van der Waals surface area contributed by atoms with Crippen LogP contribution in [0.15, 0.2) is 0 Å². The van der Waals surface area contributed by atoms with Crippen molar-refractivity contribution >= 4 is 0 Å².